The highest BCUT2D eigenvalue weighted by Gasteiger charge is 2.34. The quantitative estimate of drug-likeness (QED) is 0.890. The van der Waals surface area contributed by atoms with E-state index in [1.807, 2.05) is 0 Å². The molecule has 0 aliphatic carbocycles. The predicted molar refractivity (Wildman–Crippen MR) is 69.8 cm³/mol. The molecule has 0 radical (unpaired) electrons. The number of nitrogens with one attached hydrogen (secondary N) is 2. The molecule has 0 atom stereocenters. The van der Waals surface area contributed by atoms with Gasteiger partial charge in [0.1, 0.15) is 5.82 Å². The van der Waals surface area contributed by atoms with Gasteiger partial charge >= 0.3 is 12.2 Å². The van der Waals surface area contributed by atoms with Crippen molar-refractivity contribution in [2.24, 2.45) is 14.1 Å². The van der Waals surface area contributed by atoms with Gasteiger partial charge in [0.15, 0.2) is 5.69 Å². The Balaban J connectivity index is 1.95. The Labute approximate surface area is 123 Å². The number of hydrogen-bond acceptors (Lipinski definition) is 4. The topological polar surface area (TPSA) is 89.7 Å². The number of rotatable bonds is 3. The van der Waals surface area contributed by atoms with Gasteiger partial charge in [-0.25, -0.2) is 4.79 Å². The molecule has 0 aliphatic heterocycles. The van der Waals surface area contributed by atoms with Crippen molar-refractivity contribution in [1.82, 2.24) is 29.9 Å². The SMILES string of the molecule is Cc1nc(NC(=O)NCc2cc(C(F)(F)F)nn2C)nn1C. The van der Waals surface area contributed by atoms with E-state index in [2.05, 4.69) is 25.8 Å². The van der Waals surface area contributed by atoms with Crippen LogP contribution < -0.4 is 10.6 Å². The van der Waals surface area contributed by atoms with Crippen molar-refractivity contribution in [1.29, 1.82) is 0 Å². The fourth-order valence-electron chi connectivity index (χ4n) is 1.64. The van der Waals surface area contributed by atoms with E-state index in [1.165, 1.54) is 11.7 Å². The van der Waals surface area contributed by atoms with Gasteiger partial charge in [0, 0.05) is 14.1 Å². The monoisotopic (exact) mass is 317 g/mol. The summed E-state index contributed by atoms with van der Waals surface area (Å²) in [4.78, 5) is 15.6. The number of anilines is 1. The van der Waals surface area contributed by atoms with Gasteiger partial charge in [-0.05, 0) is 13.0 Å². The van der Waals surface area contributed by atoms with Crippen molar-refractivity contribution in [3.8, 4) is 0 Å². The van der Waals surface area contributed by atoms with Crippen molar-refractivity contribution >= 4 is 12.0 Å². The molecule has 2 N–H and O–H groups in total. The third kappa shape index (κ3) is 3.54. The Bertz CT molecular complexity index is 669. The van der Waals surface area contributed by atoms with Crippen LogP contribution in [0.3, 0.4) is 0 Å². The van der Waals surface area contributed by atoms with Crippen molar-refractivity contribution in [2.75, 3.05) is 5.32 Å². The Morgan fingerprint density at radius 2 is 1.95 bits per heavy atom. The first-order valence-electron chi connectivity index (χ1n) is 6.19. The zero-order valence-corrected chi connectivity index (χ0v) is 12.1. The number of aromatic nitrogens is 5. The van der Waals surface area contributed by atoms with E-state index < -0.39 is 17.9 Å². The van der Waals surface area contributed by atoms with Crippen LogP contribution in [-0.4, -0.2) is 30.6 Å². The number of halogens is 3. The normalized spacial score (nSPS) is 11.5. The van der Waals surface area contributed by atoms with E-state index in [4.69, 9.17) is 0 Å². The number of nitrogens with zero attached hydrogens (tertiary/aromatic N) is 5. The number of carbonyl (C=O) groups excluding carboxylic acids is 1. The summed E-state index contributed by atoms with van der Waals surface area (Å²) in [6.07, 6.45) is -4.52. The fraction of sp³-hybridized carbons (Fsp3) is 0.455. The number of amides is 2. The maximum atomic E-state index is 12.5. The van der Waals surface area contributed by atoms with Crippen molar-refractivity contribution in [3.05, 3.63) is 23.3 Å². The summed E-state index contributed by atoms with van der Waals surface area (Å²) in [5, 5.41) is 12.1. The van der Waals surface area contributed by atoms with Crippen molar-refractivity contribution in [3.63, 3.8) is 0 Å². The zero-order valence-electron chi connectivity index (χ0n) is 12.1. The summed E-state index contributed by atoms with van der Waals surface area (Å²) in [5.41, 5.74) is -0.790. The minimum atomic E-state index is -4.52. The number of aryl methyl sites for hydroxylation is 3. The molecule has 0 aromatic carbocycles. The van der Waals surface area contributed by atoms with Crippen LogP contribution in [-0.2, 0) is 26.8 Å². The number of carbonyl (C=O) groups is 1. The van der Waals surface area contributed by atoms with E-state index in [0.29, 0.717) is 5.82 Å². The largest absolute Gasteiger partial charge is 0.435 e. The van der Waals surface area contributed by atoms with Gasteiger partial charge in [-0.2, -0.15) is 23.3 Å². The Kier molecular flexibility index (Phi) is 4.06. The predicted octanol–water partition coefficient (Wildman–Crippen LogP) is 1.20. The molecule has 11 heteroatoms. The lowest BCUT2D eigenvalue weighted by molar-refractivity contribution is -0.141. The fourth-order valence-corrected chi connectivity index (χ4v) is 1.64. The molecule has 2 rings (SSSR count). The van der Waals surface area contributed by atoms with E-state index in [-0.39, 0.29) is 18.2 Å². The van der Waals surface area contributed by atoms with Gasteiger partial charge in [0.25, 0.3) is 0 Å². The van der Waals surface area contributed by atoms with E-state index in [1.54, 1.807) is 14.0 Å². The third-order valence-corrected chi connectivity index (χ3v) is 2.90. The summed E-state index contributed by atoms with van der Waals surface area (Å²) in [6.45, 7) is 1.60. The third-order valence-electron chi connectivity index (χ3n) is 2.90. The molecule has 8 nitrogen and oxygen atoms in total. The molecule has 0 bridgehead atoms. The molecule has 2 heterocycles. The van der Waals surface area contributed by atoms with Crippen LogP contribution in [0.25, 0.3) is 0 Å². The minimum Gasteiger partial charge on any atom is -0.332 e. The van der Waals surface area contributed by atoms with Crippen LogP contribution in [0.2, 0.25) is 0 Å². The second kappa shape index (κ2) is 5.66. The van der Waals surface area contributed by atoms with Crippen LogP contribution in [0.4, 0.5) is 23.9 Å². The molecule has 22 heavy (non-hydrogen) atoms. The molecule has 2 amide bonds. The molecule has 0 aliphatic rings. The lowest BCUT2D eigenvalue weighted by Gasteiger charge is -2.04. The van der Waals surface area contributed by atoms with Gasteiger partial charge in [0.05, 0.1) is 12.2 Å². The minimum absolute atomic E-state index is 0.110. The van der Waals surface area contributed by atoms with Crippen LogP contribution in [0, 0.1) is 6.92 Å². The summed E-state index contributed by atoms with van der Waals surface area (Å²) >= 11 is 0. The van der Waals surface area contributed by atoms with Gasteiger partial charge in [-0.3, -0.25) is 14.7 Å². The zero-order chi connectivity index (χ0) is 16.5. The first-order valence-corrected chi connectivity index (χ1v) is 6.19. The maximum Gasteiger partial charge on any atom is 0.435 e. The summed E-state index contributed by atoms with van der Waals surface area (Å²) in [5.74, 6) is 0.718. The Morgan fingerprint density at radius 3 is 2.45 bits per heavy atom. The van der Waals surface area contributed by atoms with E-state index in [9.17, 15) is 18.0 Å². The summed E-state index contributed by atoms with van der Waals surface area (Å²) in [6, 6.07) is 0.254. The number of hydrogen-bond donors (Lipinski definition) is 2. The first kappa shape index (κ1) is 15.8. The molecule has 0 unspecified atom stereocenters. The smallest absolute Gasteiger partial charge is 0.332 e. The van der Waals surface area contributed by atoms with Crippen LogP contribution in [0.1, 0.15) is 17.2 Å². The highest BCUT2D eigenvalue weighted by Crippen LogP contribution is 2.28. The van der Waals surface area contributed by atoms with Gasteiger partial charge in [-0.1, -0.05) is 0 Å². The molecule has 0 spiro atoms. The second-order valence-corrected chi connectivity index (χ2v) is 4.56. The van der Waals surface area contributed by atoms with Gasteiger partial charge < -0.3 is 5.32 Å². The molecular formula is C11H14F3N7O. The summed E-state index contributed by atoms with van der Waals surface area (Å²) in [7, 11) is 3.04. The Morgan fingerprint density at radius 1 is 1.27 bits per heavy atom. The first-order chi connectivity index (χ1) is 10.2. The highest BCUT2D eigenvalue weighted by molar-refractivity contribution is 5.87. The summed E-state index contributed by atoms with van der Waals surface area (Å²) < 4.78 is 40.1. The molecule has 2 aromatic heterocycles. The van der Waals surface area contributed by atoms with Crippen LogP contribution in [0.15, 0.2) is 6.07 Å². The highest BCUT2D eigenvalue weighted by atomic mass is 19.4. The van der Waals surface area contributed by atoms with Crippen LogP contribution >= 0.6 is 0 Å². The van der Waals surface area contributed by atoms with Gasteiger partial charge in [0.2, 0.25) is 5.95 Å². The molecule has 0 fully saturated rings. The molecule has 0 saturated carbocycles. The van der Waals surface area contributed by atoms with Gasteiger partial charge in [-0.15, -0.1) is 5.10 Å². The number of urea groups is 1. The lowest BCUT2D eigenvalue weighted by Crippen LogP contribution is -2.29. The lowest BCUT2D eigenvalue weighted by atomic mass is 10.3. The van der Waals surface area contributed by atoms with Crippen molar-refractivity contribution in [2.45, 2.75) is 19.6 Å². The average molecular weight is 317 g/mol. The molecule has 0 saturated heterocycles. The maximum absolute atomic E-state index is 12.5. The van der Waals surface area contributed by atoms with E-state index >= 15 is 0 Å². The van der Waals surface area contributed by atoms with Crippen molar-refractivity contribution < 1.29 is 18.0 Å². The Hall–Kier alpha value is -2.59. The average Bonchev–Trinajstić information content (AvgIpc) is 2.90. The molecule has 2 aromatic rings. The second-order valence-electron chi connectivity index (χ2n) is 4.56. The molecule has 120 valence electrons. The molecular weight excluding hydrogens is 303 g/mol. The number of alkyl halides is 3. The van der Waals surface area contributed by atoms with E-state index in [0.717, 1.165) is 10.7 Å². The standard InChI is InChI=1S/C11H14F3N7O/c1-6-16-9(19-20(6)2)17-10(22)15-5-7-4-8(11(12,13)14)18-21(7)3/h4H,5H2,1-3H3,(H2,15,17,19,22). The van der Waals surface area contributed by atoms with Crippen LogP contribution in [0.5, 0.6) is 0 Å².